The summed E-state index contributed by atoms with van der Waals surface area (Å²) in [6.45, 7) is 6.05. The van der Waals surface area contributed by atoms with E-state index in [0.717, 1.165) is 5.76 Å². The second kappa shape index (κ2) is 5.83. The standard InChI is InChI=1S/C17H19FN2O2/c1-12-11-14(13(2)22-12)17(21)20-9-7-19(8-10-20)16-6-4-3-5-15(16)18/h3-6,11H,7-10H2,1-2H3. The maximum Gasteiger partial charge on any atom is 0.257 e. The summed E-state index contributed by atoms with van der Waals surface area (Å²) in [5, 5.41) is 0. The highest BCUT2D eigenvalue weighted by atomic mass is 19.1. The van der Waals surface area contributed by atoms with Gasteiger partial charge in [-0.05, 0) is 32.0 Å². The molecular formula is C17H19FN2O2. The molecule has 116 valence electrons. The molecule has 0 N–H and O–H groups in total. The van der Waals surface area contributed by atoms with Crippen LogP contribution >= 0.6 is 0 Å². The van der Waals surface area contributed by atoms with E-state index >= 15 is 0 Å². The highest BCUT2D eigenvalue weighted by Crippen LogP contribution is 2.22. The molecule has 0 unspecified atom stereocenters. The topological polar surface area (TPSA) is 36.7 Å². The van der Waals surface area contributed by atoms with Gasteiger partial charge in [-0.1, -0.05) is 12.1 Å². The molecule has 3 rings (SSSR count). The first kappa shape index (κ1) is 14.6. The first-order valence-corrected chi connectivity index (χ1v) is 7.42. The second-order valence-corrected chi connectivity index (χ2v) is 5.56. The van der Waals surface area contributed by atoms with Gasteiger partial charge >= 0.3 is 0 Å². The van der Waals surface area contributed by atoms with Crippen molar-refractivity contribution in [1.29, 1.82) is 0 Å². The lowest BCUT2D eigenvalue weighted by Gasteiger charge is -2.36. The van der Waals surface area contributed by atoms with Crippen molar-refractivity contribution < 1.29 is 13.6 Å². The SMILES string of the molecule is Cc1cc(C(=O)N2CCN(c3ccccc3F)CC2)c(C)o1. The van der Waals surface area contributed by atoms with Gasteiger partial charge in [0.05, 0.1) is 11.3 Å². The van der Waals surface area contributed by atoms with Gasteiger partial charge in [0.1, 0.15) is 17.3 Å². The first-order chi connectivity index (χ1) is 10.6. The lowest BCUT2D eigenvalue weighted by Crippen LogP contribution is -2.49. The van der Waals surface area contributed by atoms with Crippen molar-refractivity contribution in [3.05, 3.63) is 53.2 Å². The Morgan fingerprint density at radius 2 is 1.82 bits per heavy atom. The number of anilines is 1. The highest BCUT2D eigenvalue weighted by molar-refractivity contribution is 5.95. The lowest BCUT2D eigenvalue weighted by atomic mass is 10.2. The van der Waals surface area contributed by atoms with Gasteiger partial charge in [-0.3, -0.25) is 4.79 Å². The molecule has 0 bridgehead atoms. The first-order valence-electron chi connectivity index (χ1n) is 7.42. The summed E-state index contributed by atoms with van der Waals surface area (Å²) in [4.78, 5) is 16.3. The minimum Gasteiger partial charge on any atom is -0.466 e. The summed E-state index contributed by atoms with van der Waals surface area (Å²) >= 11 is 0. The van der Waals surface area contributed by atoms with Gasteiger partial charge in [-0.2, -0.15) is 0 Å². The molecule has 0 radical (unpaired) electrons. The molecule has 1 saturated heterocycles. The minimum absolute atomic E-state index is 0.0115. The largest absolute Gasteiger partial charge is 0.466 e. The summed E-state index contributed by atoms with van der Waals surface area (Å²) < 4.78 is 19.2. The Hall–Kier alpha value is -2.30. The van der Waals surface area contributed by atoms with Crippen LogP contribution in [-0.2, 0) is 0 Å². The zero-order valence-electron chi connectivity index (χ0n) is 12.8. The molecule has 0 saturated carbocycles. The molecule has 5 heteroatoms. The fraction of sp³-hybridized carbons (Fsp3) is 0.353. The fourth-order valence-electron chi connectivity index (χ4n) is 2.87. The predicted molar refractivity (Wildman–Crippen MR) is 82.7 cm³/mol. The Morgan fingerprint density at radius 3 is 2.41 bits per heavy atom. The number of carbonyl (C=O) groups excluding carboxylic acids is 1. The van der Waals surface area contributed by atoms with Gasteiger partial charge in [0.15, 0.2) is 0 Å². The van der Waals surface area contributed by atoms with Gasteiger partial charge < -0.3 is 14.2 Å². The number of hydrogen-bond acceptors (Lipinski definition) is 3. The number of amides is 1. The monoisotopic (exact) mass is 302 g/mol. The van der Waals surface area contributed by atoms with E-state index in [1.165, 1.54) is 6.07 Å². The summed E-state index contributed by atoms with van der Waals surface area (Å²) in [6, 6.07) is 8.53. The Bertz CT molecular complexity index is 688. The highest BCUT2D eigenvalue weighted by Gasteiger charge is 2.25. The van der Waals surface area contributed by atoms with Gasteiger partial charge in [-0.15, -0.1) is 0 Å². The van der Waals surface area contributed by atoms with Crippen molar-refractivity contribution in [1.82, 2.24) is 4.90 Å². The van der Waals surface area contributed by atoms with E-state index in [1.54, 1.807) is 30.0 Å². The van der Waals surface area contributed by atoms with E-state index in [1.807, 2.05) is 17.9 Å². The molecule has 1 amide bonds. The zero-order valence-corrected chi connectivity index (χ0v) is 12.8. The van der Waals surface area contributed by atoms with Crippen LogP contribution in [0.15, 0.2) is 34.7 Å². The number of rotatable bonds is 2. The maximum absolute atomic E-state index is 13.8. The molecule has 0 atom stereocenters. The zero-order chi connectivity index (χ0) is 15.7. The quantitative estimate of drug-likeness (QED) is 0.855. The van der Waals surface area contributed by atoms with E-state index in [2.05, 4.69) is 0 Å². The number of benzene rings is 1. The van der Waals surface area contributed by atoms with Crippen LogP contribution in [0, 0.1) is 19.7 Å². The average molecular weight is 302 g/mol. The van der Waals surface area contributed by atoms with Crippen molar-refractivity contribution >= 4 is 11.6 Å². The molecule has 1 fully saturated rings. The molecule has 1 aromatic heterocycles. The van der Waals surface area contributed by atoms with Crippen LogP contribution in [0.3, 0.4) is 0 Å². The third-order valence-corrected chi connectivity index (χ3v) is 4.03. The Balaban J connectivity index is 1.68. The maximum atomic E-state index is 13.8. The van der Waals surface area contributed by atoms with E-state index < -0.39 is 0 Å². The van der Waals surface area contributed by atoms with Crippen LogP contribution in [0.5, 0.6) is 0 Å². The lowest BCUT2D eigenvalue weighted by molar-refractivity contribution is 0.0745. The van der Waals surface area contributed by atoms with E-state index in [9.17, 15) is 9.18 Å². The van der Waals surface area contributed by atoms with Crippen molar-refractivity contribution in [2.75, 3.05) is 31.1 Å². The molecule has 0 aliphatic carbocycles. The van der Waals surface area contributed by atoms with Gasteiger partial charge in [0.25, 0.3) is 5.91 Å². The van der Waals surface area contributed by atoms with Crippen molar-refractivity contribution in [2.45, 2.75) is 13.8 Å². The van der Waals surface area contributed by atoms with Crippen LogP contribution in [0.4, 0.5) is 10.1 Å². The van der Waals surface area contributed by atoms with Gasteiger partial charge in [0, 0.05) is 26.2 Å². The molecule has 1 aliphatic heterocycles. The number of para-hydroxylation sites is 1. The van der Waals surface area contributed by atoms with Gasteiger partial charge in [-0.25, -0.2) is 4.39 Å². The Kier molecular flexibility index (Phi) is 3.88. The number of halogens is 1. The van der Waals surface area contributed by atoms with Crippen molar-refractivity contribution in [2.24, 2.45) is 0 Å². The summed E-state index contributed by atoms with van der Waals surface area (Å²) in [5.41, 5.74) is 1.22. The number of aryl methyl sites for hydroxylation is 2. The number of furan rings is 1. The van der Waals surface area contributed by atoms with Crippen molar-refractivity contribution in [3.8, 4) is 0 Å². The van der Waals surface area contributed by atoms with Crippen LogP contribution < -0.4 is 4.90 Å². The normalized spacial score (nSPS) is 15.2. The Morgan fingerprint density at radius 1 is 1.14 bits per heavy atom. The number of nitrogens with zero attached hydrogens (tertiary/aromatic N) is 2. The summed E-state index contributed by atoms with van der Waals surface area (Å²) in [7, 11) is 0. The molecule has 0 spiro atoms. The van der Waals surface area contributed by atoms with Crippen molar-refractivity contribution in [3.63, 3.8) is 0 Å². The number of piperazine rings is 1. The molecule has 1 aliphatic rings. The summed E-state index contributed by atoms with van der Waals surface area (Å²) in [6.07, 6.45) is 0. The molecule has 2 aromatic rings. The molecule has 4 nitrogen and oxygen atoms in total. The Labute approximate surface area is 129 Å². The third kappa shape index (κ3) is 2.71. The van der Waals surface area contributed by atoms with Gasteiger partial charge in [0.2, 0.25) is 0 Å². The van der Waals surface area contributed by atoms with Crippen LogP contribution in [0.25, 0.3) is 0 Å². The second-order valence-electron chi connectivity index (χ2n) is 5.56. The molecule has 2 heterocycles. The van der Waals surface area contributed by atoms with E-state index in [4.69, 9.17) is 4.42 Å². The van der Waals surface area contributed by atoms with E-state index in [-0.39, 0.29) is 11.7 Å². The van der Waals surface area contributed by atoms with Crippen LogP contribution in [0.1, 0.15) is 21.9 Å². The third-order valence-electron chi connectivity index (χ3n) is 4.03. The average Bonchev–Trinajstić information content (AvgIpc) is 2.86. The molecule has 1 aromatic carbocycles. The fourth-order valence-corrected chi connectivity index (χ4v) is 2.87. The number of hydrogen-bond donors (Lipinski definition) is 0. The minimum atomic E-state index is -0.219. The predicted octanol–water partition coefficient (Wildman–Crippen LogP) is 3.00. The smallest absolute Gasteiger partial charge is 0.257 e. The number of carbonyl (C=O) groups is 1. The van der Waals surface area contributed by atoms with Crippen LogP contribution in [-0.4, -0.2) is 37.0 Å². The molecule has 22 heavy (non-hydrogen) atoms. The van der Waals surface area contributed by atoms with E-state index in [0.29, 0.717) is 43.2 Å². The molecular weight excluding hydrogens is 283 g/mol. The van der Waals surface area contributed by atoms with Crippen LogP contribution in [0.2, 0.25) is 0 Å². The summed E-state index contributed by atoms with van der Waals surface area (Å²) in [5.74, 6) is 1.16.